The molecular weight excluding hydrogens is 326 g/mol. The number of urea groups is 1. The predicted octanol–water partition coefficient (Wildman–Crippen LogP) is 1.73. The molecule has 0 spiro atoms. The van der Waals surface area contributed by atoms with Crippen molar-refractivity contribution in [2.45, 2.75) is 12.8 Å². The lowest BCUT2D eigenvalue weighted by Gasteiger charge is -2.33. The lowest BCUT2D eigenvalue weighted by Crippen LogP contribution is -2.45. The van der Waals surface area contributed by atoms with Crippen molar-refractivity contribution in [3.8, 4) is 5.75 Å². The molecule has 1 aliphatic rings. The SMILES string of the molecule is COc1cc(NC(=O)C2CCN(C(=O)N(C)C)CC2)ccc1C(=O)O. The Bertz CT molecular complexity index is 666. The summed E-state index contributed by atoms with van der Waals surface area (Å²) in [5.41, 5.74) is 0.523. The minimum atomic E-state index is -1.09. The summed E-state index contributed by atoms with van der Waals surface area (Å²) >= 11 is 0. The summed E-state index contributed by atoms with van der Waals surface area (Å²) in [6, 6.07) is 4.38. The van der Waals surface area contributed by atoms with Crippen molar-refractivity contribution in [1.82, 2.24) is 9.80 Å². The van der Waals surface area contributed by atoms with Crippen LogP contribution in [0.25, 0.3) is 0 Å². The number of carbonyl (C=O) groups is 3. The number of hydrogen-bond donors (Lipinski definition) is 2. The zero-order chi connectivity index (χ0) is 18.6. The third-order valence-corrected chi connectivity index (χ3v) is 4.22. The van der Waals surface area contributed by atoms with Gasteiger partial charge in [0, 0.05) is 44.9 Å². The van der Waals surface area contributed by atoms with Crippen LogP contribution in [-0.4, -0.2) is 67.1 Å². The number of aromatic carboxylic acids is 1. The third-order valence-electron chi connectivity index (χ3n) is 4.22. The monoisotopic (exact) mass is 349 g/mol. The van der Waals surface area contributed by atoms with Crippen molar-refractivity contribution in [3.05, 3.63) is 23.8 Å². The smallest absolute Gasteiger partial charge is 0.339 e. The van der Waals surface area contributed by atoms with E-state index in [1.54, 1.807) is 19.0 Å². The van der Waals surface area contributed by atoms with Crippen molar-refractivity contribution in [1.29, 1.82) is 0 Å². The van der Waals surface area contributed by atoms with Crippen LogP contribution in [0, 0.1) is 5.92 Å². The van der Waals surface area contributed by atoms with Crippen LogP contribution in [0.5, 0.6) is 5.75 Å². The van der Waals surface area contributed by atoms with Gasteiger partial charge in [-0.1, -0.05) is 0 Å². The van der Waals surface area contributed by atoms with Crippen LogP contribution in [0.3, 0.4) is 0 Å². The molecule has 0 atom stereocenters. The van der Waals surface area contributed by atoms with Crippen LogP contribution in [0.4, 0.5) is 10.5 Å². The standard InChI is InChI=1S/C17H23N3O5/c1-19(2)17(24)20-8-6-11(7-9-20)15(21)18-12-4-5-13(16(22)23)14(10-12)25-3/h4-5,10-11H,6-9H2,1-3H3,(H,18,21)(H,22,23). The molecule has 1 aromatic carbocycles. The number of hydrogen-bond acceptors (Lipinski definition) is 4. The van der Waals surface area contributed by atoms with Crippen molar-refractivity contribution in [3.63, 3.8) is 0 Å². The first-order valence-electron chi connectivity index (χ1n) is 8.02. The summed E-state index contributed by atoms with van der Waals surface area (Å²) in [7, 11) is 4.79. The first-order chi connectivity index (χ1) is 11.8. The molecule has 1 heterocycles. The molecule has 1 aromatic rings. The number of carboxylic acid groups (broad SMARTS) is 1. The Hall–Kier alpha value is -2.77. The van der Waals surface area contributed by atoms with E-state index >= 15 is 0 Å². The second kappa shape index (κ2) is 7.87. The van der Waals surface area contributed by atoms with Crippen LogP contribution >= 0.6 is 0 Å². The Morgan fingerprint density at radius 3 is 2.40 bits per heavy atom. The molecular formula is C17H23N3O5. The molecule has 8 nitrogen and oxygen atoms in total. The van der Waals surface area contributed by atoms with Gasteiger partial charge >= 0.3 is 12.0 Å². The van der Waals surface area contributed by atoms with E-state index in [0.717, 1.165) is 0 Å². The quantitative estimate of drug-likeness (QED) is 0.862. The van der Waals surface area contributed by atoms with Gasteiger partial charge in [0.1, 0.15) is 11.3 Å². The average molecular weight is 349 g/mol. The van der Waals surface area contributed by atoms with E-state index in [9.17, 15) is 14.4 Å². The molecule has 0 radical (unpaired) electrons. The zero-order valence-corrected chi connectivity index (χ0v) is 14.6. The molecule has 0 saturated carbocycles. The summed E-state index contributed by atoms with van der Waals surface area (Å²) in [6.07, 6.45) is 1.19. The number of nitrogens with one attached hydrogen (secondary N) is 1. The molecule has 8 heteroatoms. The van der Waals surface area contributed by atoms with E-state index in [1.165, 1.54) is 30.2 Å². The second-order valence-corrected chi connectivity index (χ2v) is 6.15. The fourth-order valence-electron chi connectivity index (χ4n) is 2.81. The number of rotatable bonds is 4. The number of methoxy groups -OCH3 is 1. The number of piperidine rings is 1. The van der Waals surface area contributed by atoms with Crippen LogP contribution in [0.15, 0.2) is 18.2 Å². The maximum Gasteiger partial charge on any atom is 0.339 e. The number of anilines is 1. The predicted molar refractivity (Wildman–Crippen MR) is 92.0 cm³/mol. The molecule has 2 N–H and O–H groups in total. The van der Waals surface area contributed by atoms with E-state index in [0.29, 0.717) is 31.6 Å². The van der Waals surface area contributed by atoms with Crippen molar-refractivity contribution >= 4 is 23.6 Å². The highest BCUT2D eigenvalue weighted by atomic mass is 16.5. The van der Waals surface area contributed by atoms with Gasteiger partial charge in [-0.25, -0.2) is 9.59 Å². The first kappa shape index (κ1) is 18.6. The van der Waals surface area contributed by atoms with Gasteiger partial charge in [0.25, 0.3) is 0 Å². The number of likely N-dealkylation sites (tertiary alicyclic amines) is 1. The van der Waals surface area contributed by atoms with Gasteiger partial charge < -0.3 is 25.0 Å². The largest absolute Gasteiger partial charge is 0.496 e. The number of nitrogens with zero attached hydrogens (tertiary/aromatic N) is 2. The number of carbonyl (C=O) groups excluding carboxylic acids is 2. The molecule has 136 valence electrons. The Morgan fingerprint density at radius 2 is 1.88 bits per heavy atom. The first-order valence-corrected chi connectivity index (χ1v) is 8.02. The van der Waals surface area contributed by atoms with Gasteiger partial charge in [-0.05, 0) is 25.0 Å². The Balaban J connectivity index is 1.97. The second-order valence-electron chi connectivity index (χ2n) is 6.15. The molecule has 1 fully saturated rings. The molecule has 0 aliphatic carbocycles. The lowest BCUT2D eigenvalue weighted by atomic mass is 9.96. The summed E-state index contributed by atoms with van der Waals surface area (Å²) in [4.78, 5) is 38.7. The minimum Gasteiger partial charge on any atom is -0.496 e. The molecule has 0 bridgehead atoms. The number of benzene rings is 1. The highest BCUT2D eigenvalue weighted by molar-refractivity contribution is 5.95. The topological polar surface area (TPSA) is 99.2 Å². The van der Waals surface area contributed by atoms with E-state index in [2.05, 4.69) is 5.32 Å². The number of amides is 3. The highest BCUT2D eigenvalue weighted by Crippen LogP contribution is 2.25. The van der Waals surface area contributed by atoms with Gasteiger partial charge in [0.2, 0.25) is 5.91 Å². The molecule has 1 aliphatic heterocycles. The Labute approximate surface area is 146 Å². The molecule has 2 rings (SSSR count). The molecule has 0 unspecified atom stereocenters. The van der Waals surface area contributed by atoms with E-state index in [4.69, 9.17) is 9.84 Å². The fourth-order valence-corrected chi connectivity index (χ4v) is 2.81. The van der Waals surface area contributed by atoms with Gasteiger partial charge in [0.15, 0.2) is 0 Å². The summed E-state index contributed by atoms with van der Waals surface area (Å²) < 4.78 is 5.06. The third kappa shape index (κ3) is 4.40. The maximum atomic E-state index is 12.4. The van der Waals surface area contributed by atoms with Crippen molar-refractivity contribution in [2.24, 2.45) is 5.92 Å². The molecule has 1 saturated heterocycles. The molecule has 0 aromatic heterocycles. The summed E-state index contributed by atoms with van der Waals surface area (Å²) in [5, 5.41) is 11.9. The summed E-state index contributed by atoms with van der Waals surface area (Å²) in [6.45, 7) is 1.08. The molecule has 3 amide bonds. The number of carboxylic acids is 1. The zero-order valence-electron chi connectivity index (χ0n) is 14.6. The Morgan fingerprint density at radius 1 is 1.24 bits per heavy atom. The van der Waals surface area contributed by atoms with Crippen LogP contribution < -0.4 is 10.1 Å². The van der Waals surface area contributed by atoms with Gasteiger partial charge in [-0.2, -0.15) is 0 Å². The van der Waals surface area contributed by atoms with Crippen molar-refractivity contribution < 1.29 is 24.2 Å². The minimum absolute atomic E-state index is 0.0380. The van der Waals surface area contributed by atoms with Gasteiger partial charge in [-0.3, -0.25) is 4.79 Å². The van der Waals surface area contributed by atoms with E-state index < -0.39 is 5.97 Å². The van der Waals surface area contributed by atoms with Crippen molar-refractivity contribution in [2.75, 3.05) is 39.6 Å². The van der Waals surface area contributed by atoms with E-state index in [1.807, 2.05) is 0 Å². The average Bonchev–Trinajstić information content (AvgIpc) is 2.60. The van der Waals surface area contributed by atoms with Crippen LogP contribution in [0.2, 0.25) is 0 Å². The van der Waals surface area contributed by atoms with E-state index in [-0.39, 0.29) is 29.2 Å². The normalized spacial score (nSPS) is 14.8. The van der Waals surface area contributed by atoms with Crippen LogP contribution in [-0.2, 0) is 4.79 Å². The van der Waals surface area contributed by atoms with Crippen LogP contribution in [0.1, 0.15) is 23.2 Å². The highest BCUT2D eigenvalue weighted by Gasteiger charge is 2.28. The van der Waals surface area contributed by atoms with Gasteiger partial charge in [0.05, 0.1) is 7.11 Å². The Kier molecular flexibility index (Phi) is 5.84. The van der Waals surface area contributed by atoms with Gasteiger partial charge in [-0.15, -0.1) is 0 Å². The fraction of sp³-hybridized carbons (Fsp3) is 0.471. The maximum absolute atomic E-state index is 12.4. The summed E-state index contributed by atoms with van der Waals surface area (Å²) in [5.74, 6) is -1.22. The lowest BCUT2D eigenvalue weighted by molar-refractivity contribution is -0.121. The number of ether oxygens (including phenoxy) is 1. The molecule has 25 heavy (non-hydrogen) atoms.